The zero-order valence-corrected chi connectivity index (χ0v) is 8.66. The number of hydrogen-bond donors (Lipinski definition) is 3. The molecule has 1 rings (SSSR count). The van der Waals surface area contributed by atoms with Gasteiger partial charge in [-0.15, -0.1) is 0 Å². The molecule has 1 aliphatic rings. The normalized spacial score (nSPS) is 22.6. The van der Waals surface area contributed by atoms with Gasteiger partial charge in [0.25, 0.3) is 0 Å². The van der Waals surface area contributed by atoms with Crippen LogP contribution in [-0.2, 0) is 0 Å². The molecule has 1 saturated heterocycles. The van der Waals surface area contributed by atoms with Gasteiger partial charge in [0.1, 0.15) is 0 Å². The first kappa shape index (κ1) is 10.8. The SMILES string of the molecule is CC1CCCCCN1C(=N)N=C(N)N. The monoisotopic (exact) mass is 197 g/mol. The van der Waals surface area contributed by atoms with Crippen molar-refractivity contribution in [1.82, 2.24) is 4.90 Å². The molecular weight excluding hydrogens is 178 g/mol. The first-order valence-corrected chi connectivity index (χ1v) is 5.06. The third-order valence-corrected chi connectivity index (χ3v) is 2.56. The Morgan fingerprint density at radius 1 is 1.36 bits per heavy atom. The Bertz CT molecular complexity index is 231. The van der Waals surface area contributed by atoms with E-state index in [9.17, 15) is 0 Å². The molecule has 1 unspecified atom stereocenters. The van der Waals surface area contributed by atoms with Crippen LogP contribution in [0.4, 0.5) is 0 Å². The highest BCUT2D eigenvalue weighted by molar-refractivity contribution is 5.91. The zero-order valence-electron chi connectivity index (χ0n) is 8.66. The van der Waals surface area contributed by atoms with E-state index in [1.54, 1.807) is 0 Å². The second-order valence-electron chi connectivity index (χ2n) is 3.75. The molecule has 0 aromatic rings. The number of nitrogens with one attached hydrogen (secondary N) is 1. The summed E-state index contributed by atoms with van der Waals surface area (Å²) in [7, 11) is 0. The van der Waals surface area contributed by atoms with Crippen LogP contribution in [0.1, 0.15) is 32.6 Å². The van der Waals surface area contributed by atoms with E-state index in [-0.39, 0.29) is 11.9 Å². The fraction of sp³-hybridized carbons (Fsp3) is 0.778. The predicted octanol–water partition coefficient (Wildman–Crippen LogP) is 0.459. The summed E-state index contributed by atoms with van der Waals surface area (Å²) in [4.78, 5) is 5.74. The van der Waals surface area contributed by atoms with E-state index in [4.69, 9.17) is 16.9 Å². The molecule has 0 bridgehead atoms. The molecule has 0 aromatic heterocycles. The Balaban J connectivity index is 2.63. The maximum absolute atomic E-state index is 7.72. The molecule has 0 radical (unpaired) electrons. The second-order valence-corrected chi connectivity index (χ2v) is 3.75. The van der Waals surface area contributed by atoms with Crippen molar-refractivity contribution in [2.24, 2.45) is 16.5 Å². The minimum absolute atomic E-state index is 0.0357. The van der Waals surface area contributed by atoms with Crippen molar-refractivity contribution in [3.05, 3.63) is 0 Å². The largest absolute Gasteiger partial charge is 0.370 e. The fourth-order valence-corrected chi connectivity index (χ4v) is 1.78. The molecule has 5 heteroatoms. The van der Waals surface area contributed by atoms with Gasteiger partial charge in [-0.3, -0.25) is 5.41 Å². The summed E-state index contributed by atoms with van der Waals surface area (Å²) >= 11 is 0. The molecule has 1 fully saturated rings. The fourth-order valence-electron chi connectivity index (χ4n) is 1.78. The van der Waals surface area contributed by atoms with E-state index >= 15 is 0 Å². The molecule has 1 atom stereocenters. The quantitative estimate of drug-likeness (QED) is 0.389. The number of guanidine groups is 2. The lowest BCUT2D eigenvalue weighted by molar-refractivity contribution is 0.331. The minimum Gasteiger partial charge on any atom is -0.370 e. The van der Waals surface area contributed by atoms with Crippen LogP contribution in [0.25, 0.3) is 0 Å². The van der Waals surface area contributed by atoms with E-state index in [0.717, 1.165) is 19.4 Å². The molecule has 0 aromatic carbocycles. The second kappa shape index (κ2) is 4.83. The van der Waals surface area contributed by atoms with Crippen molar-refractivity contribution in [3.8, 4) is 0 Å². The van der Waals surface area contributed by atoms with Crippen LogP contribution in [-0.4, -0.2) is 29.4 Å². The standard InChI is InChI=1S/C9H19N5/c1-7-5-3-2-4-6-14(7)9(12)13-8(10)11/h7H,2-6H2,1H3,(H5,10,11,12,13). The van der Waals surface area contributed by atoms with Gasteiger partial charge in [-0.25, -0.2) is 0 Å². The number of likely N-dealkylation sites (tertiary alicyclic amines) is 1. The maximum Gasteiger partial charge on any atom is 0.221 e. The van der Waals surface area contributed by atoms with E-state index in [1.165, 1.54) is 12.8 Å². The summed E-state index contributed by atoms with van der Waals surface area (Å²) in [5.41, 5.74) is 10.5. The molecule has 5 nitrogen and oxygen atoms in total. The van der Waals surface area contributed by atoms with Gasteiger partial charge in [0.2, 0.25) is 5.96 Å². The van der Waals surface area contributed by atoms with Crippen LogP contribution in [0.3, 0.4) is 0 Å². The van der Waals surface area contributed by atoms with Crippen LogP contribution in [0.15, 0.2) is 4.99 Å². The van der Waals surface area contributed by atoms with E-state index in [1.807, 2.05) is 4.90 Å². The van der Waals surface area contributed by atoms with Crippen LogP contribution >= 0.6 is 0 Å². The van der Waals surface area contributed by atoms with E-state index in [0.29, 0.717) is 6.04 Å². The number of nitrogens with zero attached hydrogens (tertiary/aromatic N) is 2. The minimum atomic E-state index is -0.0357. The Labute approximate surface area is 84.7 Å². The smallest absolute Gasteiger partial charge is 0.221 e. The van der Waals surface area contributed by atoms with Crippen LogP contribution < -0.4 is 11.5 Å². The lowest BCUT2D eigenvalue weighted by Gasteiger charge is -2.26. The Morgan fingerprint density at radius 2 is 2.07 bits per heavy atom. The van der Waals surface area contributed by atoms with Crippen molar-refractivity contribution in [3.63, 3.8) is 0 Å². The number of nitrogens with two attached hydrogens (primary N) is 2. The van der Waals surface area contributed by atoms with Gasteiger partial charge in [0, 0.05) is 12.6 Å². The van der Waals surface area contributed by atoms with Crippen molar-refractivity contribution >= 4 is 11.9 Å². The highest BCUT2D eigenvalue weighted by Crippen LogP contribution is 2.16. The topological polar surface area (TPSA) is 91.5 Å². The van der Waals surface area contributed by atoms with E-state index in [2.05, 4.69) is 11.9 Å². The summed E-state index contributed by atoms with van der Waals surface area (Å²) in [6, 6.07) is 0.369. The molecule has 0 spiro atoms. The number of rotatable bonds is 0. The predicted molar refractivity (Wildman–Crippen MR) is 58.2 cm³/mol. The van der Waals surface area contributed by atoms with Crippen molar-refractivity contribution in [2.45, 2.75) is 38.6 Å². The first-order valence-electron chi connectivity index (χ1n) is 5.06. The molecule has 5 N–H and O–H groups in total. The number of aliphatic imine (C=N–C) groups is 1. The van der Waals surface area contributed by atoms with Crippen molar-refractivity contribution < 1.29 is 0 Å². The summed E-state index contributed by atoms with van der Waals surface area (Å²) in [5.74, 6) is 0.158. The van der Waals surface area contributed by atoms with E-state index < -0.39 is 0 Å². The summed E-state index contributed by atoms with van der Waals surface area (Å²) in [5, 5.41) is 7.72. The average molecular weight is 197 g/mol. The van der Waals surface area contributed by atoms with Crippen molar-refractivity contribution in [2.75, 3.05) is 6.54 Å². The highest BCUT2D eigenvalue weighted by Gasteiger charge is 2.18. The summed E-state index contributed by atoms with van der Waals surface area (Å²) < 4.78 is 0. The molecular formula is C9H19N5. The van der Waals surface area contributed by atoms with Gasteiger partial charge >= 0.3 is 0 Å². The lowest BCUT2D eigenvalue weighted by atomic mass is 10.1. The maximum atomic E-state index is 7.72. The molecule has 1 heterocycles. The molecule has 0 aliphatic carbocycles. The first-order chi connectivity index (χ1) is 6.61. The van der Waals surface area contributed by atoms with Gasteiger partial charge < -0.3 is 16.4 Å². The van der Waals surface area contributed by atoms with Gasteiger partial charge in [-0.05, 0) is 19.8 Å². The molecule has 1 aliphatic heterocycles. The molecule has 0 saturated carbocycles. The zero-order chi connectivity index (χ0) is 10.6. The summed E-state index contributed by atoms with van der Waals surface area (Å²) in [6.07, 6.45) is 4.69. The van der Waals surface area contributed by atoms with Crippen molar-refractivity contribution in [1.29, 1.82) is 5.41 Å². The summed E-state index contributed by atoms with van der Waals surface area (Å²) in [6.45, 7) is 3.00. The Morgan fingerprint density at radius 3 is 2.71 bits per heavy atom. The van der Waals surface area contributed by atoms with Crippen LogP contribution in [0.2, 0.25) is 0 Å². The van der Waals surface area contributed by atoms with Gasteiger partial charge in [0.15, 0.2) is 5.96 Å². The van der Waals surface area contributed by atoms with Gasteiger partial charge in [0.05, 0.1) is 0 Å². The average Bonchev–Trinajstić information content (AvgIpc) is 2.28. The van der Waals surface area contributed by atoms with Gasteiger partial charge in [-0.1, -0.05) is 12.8 Å². The van der Waals surface area contributed by atoms with Crippen LogP contribution in [0, 0.1) is 5.41 Å². The molecule has 80 valence electrons. The van der Waals surface area contributed by atoms with Crippen LogP contribution in [0.5, 0.6) is 0 Å². The third-order valence-electron chi connectivity index (χ3n) is 2.56. The molecule has 0 amide bonds. The third kappa shape index (κ3) is 2.90. The lowest BCUT2D eigenvalue weighted by Crippen LogP contribution is -2.38. The number of hydrogen-bond acceptors (Lipinski definition) is 1. The Hall–Kier alpha value is -1.26. The van der Waals surface area contributed by atoms with Gasteiger partial charge in [-0.2, -0.15) is 4.99 Å². The Kier molecular flexibility index (Phi) is 3.73. The highest BCUT2D eigenvalue weighted by atomic mass is 15.3. The molecule has 14 heavy (non-hydrogen) atoms.